The van der Waals surface area contributed by atoms with E-state index in [0.29, 0.717) is 0 Å². The van der Waals surface area contributed by atoms with Gasteiger partial charge in [-0.05, 0) is 77.1 Å². The highest BCUT2D eigenvalue weighted by Gasteiger charge is 2.14. The predicted molar refractivity (Wildman–Crippen MR) is 144 cm³/mol. The molecule has 5 nitrogen and oxygen atoms in total. The molecule has 0 bridgehead atoms. The molecule has 0 aromatic heterocycles. The van der Waals surface area contributed by atoms with Crippen molar-refractivity contribution in [1.29, 1.82) is 0 Å². The molecule has 3 aromatic carbocycles. The van der Waals surface area contributed by atoms with Gasteiger partial charge >= 0.3 is 0 Å². The highest BCUT2D eigenvalue weighted by molar-refractivity contribution is 5.98. The van der Waals surface area contributed by atoms with Crippen molar-refractivity contribution in [2.75, 3.05) is 7.11 Å². The van der Waals surface area contributed by atoms with Gasteiger partial charge in [0.25, 0.3) is 6.47 Å². The fourth-order valence-electron chi connectivity index (χ4n) is 3.66. The Morgan fingerprint density at radius 1 is 0.800 bits per heavy atom. The SMILES string of the molecule is CCC(=C(c1ccc(O)cc1)c1ccc(O)cc1)c1ccc(C)c(OC)c1.CCCCC.O=CO. The number of benzene rings is 3. The van der Waals surface area contributed by atoms with Crippen LogP contribution in [0.4, 0.5) is 0 Å². The average molecular weight is 479 g/mol. The second kappa shape index (κ2) is 16.0. The summed E-state index contributed by atoms with van der Waals surface area (Å²) in [4.78, 5) is 8.36. The molecule has 0 radical (unpaired) electrons. The molecule has 0 aliphatic rings. The summed E-state index contributed by atoms with van der Waals surface area (Å²) in [7, 11) is 1.68. The number of unbranched alkanes of at least 4 members (excludes halogenated alkanes) is 2. The maximum atomic E-state index is 9.69. The molecule has 35 heavy (non-hydrogen) atoms. The lowest BCUT2D eigenvalue weighted by atomic mass is 9.88. The largest absolute Gasteiger partial charge is 0.508 e. The first-order chi connectivity index (χ1) is 16.9. The van der Waals surface area contributed by atoms with E-state index >= 15 is 0 Å². The van der Waals surface area contributed by atoms with E-state index in [0.717, 1.165) is 40.0 Å². The van der Waals surface area contributed by atoms with Crippen LogP contribution in [0.3, 0.4) is 0 Å². The number of carboxylic acid groups (broad SMARTS) is 1. The Hall–Kier alpha value is -3.73. The van der Waals surface area contributed by atoms with Crippen LogP contribution in [0.2, 0.25) is 0 Å². The smallest absolute Gasteiger partial charge is 0.290 e. The molecular weight excluding hydrogens is 440 g/mol. The maximum absolute atomic E-state index is 9.69. The van der Waals surface area contributed by atoms with E-state index in [9.17, 15) is 10.2 Å². The Morgan fingerprint density at radius 3 is 1.57 bits per heavy atom. The summed E-state index contributed by atoms with van der Waals surface area (Å²) in [6.45, 7) is 8.33. The highest BCUT2D eigenvalue weighted by atomic mass is 16.5. The number of methoxy groups -OCH3 is 1. The molecule has 0 aliphatic heterocycles. The minimum atomic E-state index is -0.250. The van der Waals surface area contributed by atoms with Gasteiger partial charge in [0, 0.05) is 0 Å². The molecule has 0 unspecified atom stereocenters. The number of hydrogen-bond donors (Lipinski definition) is 3. The van der Waals surface area contributed by atoms with Crippen LogP contribution < -0.4 is 4.74 Å². The van der Waals surface area contributed by atoms with Crippen LogP contribution in [0.15, 0.2) is 66.7 Å². The minimum Gasteiger partial charge on any atom is -0.508 e. The van der Waals surface area contributed by atoms with Crippen molar-refractivity contribution >= 4 is 17.6 Å². The predicted octanol–water partition coefficient (Wildman–Crippen LogP) is 7.68. The van der Waals surface area contributed by atoms with E-state index in [2.05, 4.69) is 39.0 Å². The topological polar surface area (TPSA) is 87.0 Å². The van der Waals surface area contributed by atoms with Crippen molar-refractivity contribution in [2.45, 2.75) is 53.4 Å². The first kappa shape index (κ1) is 29.3. The van der Waals surface area contributed by atoms with Gasteiger partial charge in [-0.25, -0.2) is 0 Å². The van der Waals surface area contributed by atoms with E-state index in [4.69, 9.17) is 14.6 Å². The second-order valence-electron chi connectivity index (χ2n) is 7.94. The number of aryl methyl sites for hydroxylation is 1. The van der Waals surface area contributed by atoms with Crippen molar-refractivity contribution in [3.8, 4) is 17.2 Å². The molecule has 188 valence electrons. The molecule has 0 saturated carbocycles. The first-order valence-electron chi connectivity index (χ1n) is 11.9. The summed E-state index contributed by atoms with van der Waals surface area (Å²) in [6.07, 6.45) is 4.90. The fraction of sp³-hybridized carbons (Fsp3) is 0.300. The number of rotatable bonds is 7. The number of carbonyl (C=O) groups is 1. The van der Waals surface area contributed by atoms with Crippen LogP contribution in [0, 0.1) is 6.92 Å². The number of ether oxygens (including phenoxy) is 1. The molecule has 3 rings (SSSR count). The van der Waals surface area contributed by atoms with Crippen molar-refractivity contribution in [3.63, 3.8) is 0 Å². The lowest BCUT2D eigenvalue weighted by Crippen LogP contribution is -1.96. The summed E-state index contributed by atoms with van der Waals surface area (Å²) >= 11 is 0. The van der Waals surface area contributed by atoms with Crippen LogP contribution in [-0.4, -0.2) is 28.9 Å². The van der Waals surface area contributed by atoms with Gasteiger partial charge in [0.1, 0.15) is 17.2 Å². The monoisotopic (exact) mass is 478 g/mol. The van der Waals surface area contributed by atoms with Gasteiger partial charge in [-0.15, -0.1) is 0 Å². The number of aromatic hydroxyl groups is 2. The highest BCUT2D eigenvalue weighted by Crippen LogP contribution is 2.37. The normalized spacial score (nSPS) is 9.63. The zero-order valence-corrected chi connectivity index (χ0v) is 21.4. The maximum Gasteiger partial charge on any atom is 0.290 e. The molecule has 0 fully saturated rings. The molecule has 0 heterocycles. The van der Waals surface area contributed by atoms with Crippen LogP contribution >= 0.6 is 0 Å². The third kappa shape index (κ3) is 9.20. The Morgan fingerprint density at radius 2 is 1.23 bits per heavy atom. The fourth-order valence-corrected chi connectivity index (χ4v) is 3.66. The number of hydrogen-bond acceptors (Lipinski definition) is 4. The van der Waals surface area contributed by atoms with Gasteiger partial charge in [0.15, 0.2) is 0 Å². The zero-order chi connectivity index (χ0) is 26.2. The Labute approximate surface area is 209 Å². The minimum absolute atomic E-state index is 0.235. The molecule has 0 atom stereocenters. The quantitative estimate of drug-likeness (QED) is 0.239. The van der Waals surface area contributed by atoms with E-state index < -0.39 is 0 Å². The Bertz CT molecular complexity index is 1000. The third-order valence-electron chi connectivity index (χ3n) is 5.43. The van der Waals surface area contributed by atoms with Gasteiger partial charge < -0.3 is 20.1 Å². The van der Waals surface area contributed by atoms with E-state index in [1.165, 1.54) is 24.8 Å². The third-order valence-corrected chi connectivity index (χ3v) is 5.43. The van der Waals surface area contributed by atoms with Crippen LogP contribution in [-0.2, 0) is 4.79 Å². The van der Waals surface area contributed by atoms with Gasteiger partial charge in [-0.3, -0.25) is 4.79 Å². The summed E-state index contributed by atoms with van der Waals surface area (Å²) in [5, 5.41) is 26.3. The average Bonchev–Trinajstić information content (AvgIpc) is 2.86. The van der Waals surface area contributed by atoms with E-state index in [-0.39, 0.29) is 18.0 Å². The molecule has 0 aliphatic carbocycles. The molecule has 0 spiro atoms. The first-order valence-corrected chi connectivity index (χ1v) is 11.9. The molecule has 0 amide bonds. The second-order valence-corrected chi connectivity index (χ2v) is 7.94. The summed E-state index contributed by atoms with van der Waals surface area (Å²) in [6, 6.07) is 20.7. The zero-order valence-electron chi connectivity index (χ0n) is 21.4. The number of allylic oxidation sites excluding steroid dienone is 1. The number of phenolic OH excluding ortho intramolecular Hbond substituents is 2. The standard InChI is InChI=1S/C24H24O3.C5H12.CH2O2/c1-4-22(19-6-5-16(2)23(15-19)27-3)24(17-7-11-20(25)12-8-17)18-9-13-21(26)14-10-18;1-3-5-4-2;2-1-3/h5-15,25-26H,4H2,1-3H3;3-5H2,1-2H3;1H,(H,2,3). The van der Waals surface area contributed by atoms with Gasteiger partial charge in [-0.2, -0.15) is 0 Å². The van der Waals surface area contributed by atoms with Crippen LogP contribution in [0.5, 0.6) is 17.2 Å². The Balaban J connectivity index is 0.000000669. The van der Waals surface area contributed by atoms with Crippen molar-refractivity contribution in [1.82, 2.24) is 0 Å². The lowest BCUT2D eigenvalue weighted by molar-refractivity contribution is -0.122. The lowest BCUT2D eigenvalue weighted by Gasteiger charge is -2.17. The van der Waals surface area contributed by atoms with Crippen LogP contribution in [0.1, 0.15) is 68.7 Å². The van der Waals surface area contributed by atoms with Crippen LogP contribution in [0.25, 0.3) is 11.1 Å². The molecule has 0 saturated heterocycles. The van der Waals surface area contributed by atoms with E-state index in [1.54, 1.807) is 31.4 Å². The summed E-state index contributed by atoms with van der Waals surface area (Å²) in [5.41, 5.74) is 6.45. The summed E-state index contributed by atoms with van der Waals surface area (Å²) < 4.78 is 5.51. The van der Waals surface area contributed by atoms with Crippen molar-refractivity contribution < 1.29 is 24.9 Å². The molecular formula is C30H38O5. The van der Waals surface area contributed by atoms with Gasteiger partial charge in [0.2, 0.25) is 0 Å². The van der Waals surface area contributed by atoms with E-state index in [1.807, 2.05) is 31.2 Å². The molecule has 3 N–H and O–H groups in total. The molecule has 5 heteroatoms. The Kier molecular flexibility index (Phi) is 13.4. The van der Waals surface area contributed by atoms with Gasteiger partial charge in [-0.1, -0.05) is 76.4 Å². The number of phenols is 2. The van der Waals surface area contributed by atoms with Gasteiger partial charge in [0.05, 0.1) is 7.11 Å². The molecule has 3 aromatic rings. The summed E-state index contributed by atoms with van der Waals surface area (Å²) in [5.74, 6) is 1.33. The van der Waals surface area contributed by atoms with Crippen molar-refractivity contribution in [2.24, 2.45) is 0 Å². The van der Waals surface area contributed by atoms with Crippen molar-refractivity contribution in [3.05, 3.63) is 89.0 Å².